The minimum atomic E-state index is -0.0659. The fraction of sp³-hybridized carbons (Fsp3) is 0.545. The fourth-order valence-electron chi connectivity index (χ4n) is 3.74. The summed E-state index contributed by atoms with van der Waals surface area (Å²) >= 11 is 6.34. The minimum Gasteiger partial charge on any atom is -0.370 e. The number of hydrogen-bond donors (Lipinski definition) is 0. The predicted molar refractivity (Wildman–Crippen MR) is 110 cm³/mol. The molecule has 1 saturated carbocycles. The Hall–Kier alpha value is -1.65. The second-order valence-electron chi connectivity index (χ2n) is 8.44. The van der Waals surface area contributed by atoms with E-state index in [1.54, 1.807) is 12.7 Å². The lowest BCUT2D eigenvalue weighted by molar-refractivity contribution is -0.0519. The Balaban J connectivity index is 1.87. The van der Waals surface area contributed by atoms with E-state index in [0.29, 0.717) is 6.61 Å². The van der Waals surface area contributed by atoms with Crippen LogP contribution in [0.4, 0.5) is 0 Å². The topological polar surface area (TPSA) is 39.9 Å². The summed E-state index contributed by atoms with van der Waals surface area (Å²) in [5.41, 5.74) is 2.46. The molecule has 2 aromatic rings. The Morgan fingerprint density at radius 1 is 1.19 bits per heavy atom. The molecule has 2 atom stereocenters. The van der Waals surface area contributed by atoms with Gasteiger partial charge in [-0.25, -0.2) is 9.67 Å². The van der Waals surface area contributed by atoms with Crippen LogP contribution in [0.15, 0.2) is 48.6 Å². The highest BCUT2D eigenvalue weighted by molar-refractivity contribution is 6.31. The standard InChI is InChI=1S/C22H30ClN3O/c1-22(2,3)21(27-14-18-11-7-8-12-19(18)23)20(26-16-24-15-25-26)13-17-9-5-4-6-10-17/h7-8,11-13,15-16,20-21H,4-6,9-10,14H2,1-3H3. The highest BCUT2D eigenvalue weighted by atomic mass is 35.5. The van der Waals surface area contributed by atoms with E-state index in [0.717, 1.165) is 10.6 Å². The third kappa shape index (κ3) is 5.43. The van der Waals surface area contributed by atoms with Gasteiger partial charge in [0.2, 0.25) is 0 Å². The molecule has 1 aliphatic rings. The zero-order valence-electron chi connectivity index (χ0n) is 16.6. The van der Waals surface area contributed by atoms with E-state index in [1.807, 2.05) is 28.9 Å². The van der Waals surface area contributed by atoms with Crippen molar-refractivity contribution in [2.24, 2.45) is 5.41 Å². The molecule has 1 fully saturated rings. The van der Waals surface area contributed by atoms with Crippen LogP contribution < -0.4 is 0 Å². The second-order valence-corrected chi connectivity index (χ2v) is 8.85. The Kier molecular flexibility index (Phi) is 6.72. The Morgan fingerprint density at radius 3 is 2.56 bits per heavy atom. The molecule has 2 unspecified atom stereocenters. The number of halogens is 1. The monoisotopic (exact) mass is 387 g/mol. The van der Waals surface area contributed by atoms with Crippen LogP contribution in [-0.4, -0.2) is 20.9 Å². The van der Waals surface area contributed by atoms with Crippen molar-refractivity contribution in [2.75, 3.05) is 0 Å². The third-order valence-electron chi connectivity index (χ3n) is 5.18. The molecular weight excluding hydrogens is 358 g/mol. The molecule has 1 aromatic heterocycles. The van der Waals surface area contributed by atoms with Gasteiger partial charge in [-0.2, -0.15) is 5.10 Å². The van der Waals surface area contributed by atoms with Crippen LogP contribution in [0.2, 0.25) is 5.02 Å². The van der Waals surface area contributed by atoms with Crippen LogP contribution >= 0.6 is 11.6 Å². The third-order valence-corrected chi connectivity index (χ3v) is 5.55. The van der Waals surface area contributed by atoms with Crippen LogP contribution in [0.25, 0.3) is 0 Å². The molecule has 0 amide bonds. The zero-order valence-corrected chi connectivity index (χ0v) is 17.3. The molecule has 0 N–H and O–H groups in total. The lowest BCUT2D eigenvalue weighted by atomic mass is 9.82. The summed E-state index contributed by atoms with van der Waals surface area (Å²) in [5.74, 6) is 0. The second kappa shape index (κ2) is 9.03. The SMILES string of the molecule is CC(C)(C)C(OCc1ccccc1Cl)C(C=C1CCCCC1)n1cncn1. The number of ether oxygens (including phenoxy) is 1. The molecule has 0 bridgehead atoms. The number of rotatable bonds is 6. The summed E-state index contributed by atoms with van der Waals surface area (Å²) in [6, 6.07) is 7.88. The highest BCUT2D eigenvalue weighted by Crippen LogP contribution is 2.35. The van der Waals surface area contributed by atoms with Gasteiger partial charge in [-0.05, 0) is 42.7 Å². The summed E-state index contributed by atoms with van der Waals surface area (Å²) in [6.45, 7) is 7.13. The number of nitrogens with zero attached hydrogens (tertiary/aromatic N) is 3. The van der Waals surface area contributed by atoms with Crippen LogP contribution in [0.5, 0.6) is 0 Å². The predicted octanol–water partition coefficient (Wildman–Crippen LogP) is 5.99. The van der Waals surface area contributed by atoms with Gasteiger partial charge in [0.25, 0.3) is 0 Å². The molecule has 146 valence electrons. The van der Waals surface area contributed by atoms with E-state index in [1.165, 1.54) is 37.7 Å². The molecule has 3 rings (SSSR count). The van der Waals surface area contributed by atoms with Crippen LogP contribution in [-0.2, 0) is 11.3 Å². The average Bonchev–Trinajstić information content (AvgIpc) is 3.16. The molecule has 1 heterocycles. The first kappa shape index (κ1) is 20.1. The van der Waals surface area contributed by atoms with Gasteiger partial charge in [0.1, 0.15) is 12.7 Å². The maximum atomic E-state index is 6.48. The lowest BCUT2D eigenvalue weighted by Gasteiger charge is -2.36. The first-order valence-corrected chi connectivity index (χ1v) is 10.2. The van der Waals surface area contributed by atoms with E-state index in [-0.39, 0.29) is 17.6 Å². The zero-order chi connectivity index (χ0) is 19.3. The van der Waals surface area contributed by atoms with Gasteiger partial charge in [-0.1, -0.05) is 68.6 Å². The highest BCUT2D eigenvalue weighted by Gasteiger charge is 2.34. The summed E-state index contributed by atoms with van der Waals surface area (Å²) < 4.78 is 8.42. The maximum Gasteiger partial charge on any atom is 0.137 e. The van der Waals surface area contributed by atoms with Crippen LogP contribution in [0.1, 0.15) is 64.5 Å². The van der Waals surface area contributed by atoms with Crippen molar-refractivity contribution in [1.82, 2.24) is 14.8 Å². The van der Waals surface area contributed by atoms with E-state index >= 15 is 0 Å². The maximum absolute atomic E-state index is 6.48. The van der Waals surface area contributed by atoms with Gasteiger partial charge in [0, 0.05) is 5.02 Å². The number of hydrogen-bond acceptors (Lipinski definition) is 3. The summed E-state index contributed by atoms with van der Waals surface area (Å²) in [6.07, 6.45) is 11.9. The molecule has 1 aliphatic carbocycles. The first-order chi connectivity index (χ1) is 12.9. The van der Waals surface area contributed by atoms with Crippen LogP contribution in [0, 0.1) is 5.41 Å². The summed E-state index contributed by atoms with van der Waals surface area (Å²) in [5, 5.41) is 5.19. The Morgan fingerprint density at radius 2 is 1.93 bits per heavy atom. The molecule has 0 aliphatic heterocycles. The summed E-state index contributed by atoms with van der Waals surface area (Å²) in [4.78, 5) is 4.18. The van der Waals surface area contributed by atoms with E-state index < -0.39 is 0 Å². The Bertz CT molecular complexity index is 741. The number of benzene rings is 1. The largest absolute Gasteiger partial charge is 0.370 e. The number of allylic oxidation sites excluding steroid dienone is 1. The minimum absolute atomic E-state index is 0.0167. The van der Waals surface area contributed by atoms with Crippen LogP contribution in [0.3, 0.4) is 0 Å². The smallest absolute Gasteiger partial charge is 0.137 e. The molecule has 0 saturated heterocycles. The van der Waals surface area contributed by atoms with Crippen molar-refractivity contribution in [1.29, 1.82) is 0 Å². The quantitative estimate of drug-likeness (QED) is 0.571. The molecular formula is C22H30ClN3O. The molecule has 4 nitrogen and oxygen atoms in total. The van der Waals surface area contributed by atoms with Gasteiger partial charge < -0.3 is 4.74 Å². The molecule has 0 radical (unpaired) electrons. The van der Waals surface area contributed by atoms with Crippen molar-refractivity contribution in [3.63, 3.8) is 0 Å². The average molecular weight is 388 g/mol. The van der Waals surface area contributed by atoms with Gasteiger partial charge in [-0.3, -0.25) is 0 Å². The van der Waals surface area contributed by atoms with Crippen molar-refractivity contribution in [3.8, 4) is 0 Å². The molecule has 0 spiro atoms. The summed E-state index contributed by atoms with van der Waals surface area (Å²) in [7, 11) is 0. The first-order valence-electron chi connectivity index (χ1n) is 9.84. The van der Waals surface area contributed by atoms with Gasteiger partial charge in [0.15, 0.2) is 0 Å². The van der Waals surface area contributed by atoms with Gasteiger partial charge in [0.05, 0.1) is 18.8 Å². The van der Waals surface area contributed by atoms with Gasteiger partial charge in [-0.15, -0.1) is 0 Å². The number of aromatic nitrogens is 3. The van der Waals surface area contributed by atoms with E-state index in [4.69, 9.17) is 16.3 Å². The lowest BCUT2D eigenvalue weighted by Crippen LogP contribution is -2.37. The van der Waals surface area contributed by atoms with E-state index in [2.05, 4.69) is 36.9 Å². The van der Waals surface area contributed by atoms with Gasteiger partial charge >= 0.3 is 0 Å². The van der Waals surface area contributed by atoms with Crippen molar-refractivity contribution in [2.45, 2.75) is 71.6 Å². The Labute approximate surface area is 167 Å². The van der Waals surface area contributed by atoms with Crippen molar-refractivity contribution in [3.05, 3.63) is 59.2 Å². The van der Waals surface area contributed by atoms with E-state index in [9.17, 15) is 0 Å². The van der Waals surface area contributed by atoms with Crippen molar-refractivity contribution < 1.29 is 4.74 Å². The fourth-order valence-corrected chi connectivity index (χ4v) is 3.93. The normalized spacial score (nSPS) is 17.6. The molecule has 27 heavy (non-hydrogen) atoms. The molecule has 1 aromatic carbocycles. The van der Waals surface area contributed by atoms with Crippen molar-refractivity contribution >= 4 is 11.6 Å². The molecule has 5 heteroatoms.